The Labute approximate surface area is 120 Å². The highest BCUT2D eigenvalue weighted by molar-refractivity contribution is 5.74. The number of hydrogen-bond donors (Lipinski definition) is 1. The summed E-state index contributed by atoms with van der Waals surface area (Å²) >= 11 is 0. The van der Waals surface area contributed by atoms with Crippen molar-refractivity contribution in [2.75, 3.05) is 13.1 Å². The van der Waals surface area contributed by atoms with Crippen molar-refractivity contribution in [2.24, 2.45) is 0 Å². The molecule has 0 radical (unpaired) electrons. The van der Waals surface area contributed by atoms with E-state index in [9.17, 15) is 14.7 Å². The molecule has 1 N–H and O–H groups in total. The lowest BCUT2D eigenvalue weighted by Gasteiger charge is -2.33. The van der Waals surface area contributed by atoms with E-state index in [0.717, 1.165) is 0 Å². The molecule has 0 bridgehead atoms. The molecule has 0 aromatic carbocycles. The topological polar surface area (TPSA) is 76.1 Å². The summed E-state index contributed by atoms with van der Waals surface area (Å²) in [5.74, 6) is -0.580. The lowest BCUT2D eigenvalue weighted by atomic mass is 10.1. The Morgan fingerprint density at radius 2 is 1.85 bits per heavy atom. The van der Waals surface area contributed by atoms with Crippen molar-refractivity contribution in [3.8, 4) is 0 Å². The standard InChI is InChI=1S/C14H25NO5/c1-5-11(16)12(17)19-10-6-8-15(9-7-10)13(18)20-14(2,3)4/h10-11,16H,5-9H2,1-4H3. The van der Waals surface area contributed by atoms with E-state index in [2.05, 4.69) is 0 Å². The summed E-state index contributed by atoms with van der Waals surface area (Å²) in [6.45, 7) is 8.18. The Morgan fingerprint density at radius 1 is 1.30 bits per heavy atom. The van der Waals surface area contributed by atoms with E-state index in [-0.39, 0.29) is 12.2 Å². The first kappa shape index (κ1) is 16.8. The molecule has 6 nitrogen and oxygen atoms in total. The number of ether oxygens (including phenoxy) is 2. The summed E-state index contributed by atoms with van der Waals surface area (Å²) in [6, 6.07) is 0. The van der Waals surface area contributed by atoms with E-state index in [0.29, 0.717) is 32.4 Å². The second-order valence-electron chi connectivity index (χ2n) is 6.03. The summed E-state index contributed by atoms with van der Waals surface area (Å²) in [7, 11) is 0. The maximum absolute atomic E-state index is 11.9. The predicted molar refractivity (Wildman–Crippen MR) is 73.2 cm³/mol. The molecule has 0 aromatic rings. The minimum absolute atomic E-state index is 0.234. The van der Waals surface area contributed by atoms with Crippen molar-refractivity contribution < 1.29 is 24.2 Å². The van der Waals surface area contributed by atoms with Crippen LogP contribution in [0.5, 0.6) is 0 Å². The molecular formula is C14H25NO5. The van der Waals surface area contributed by atoms with E-state index in [1.54, 1.807) is 11.8 Å². The number of esters is 1. The zero-order valence-corrected chi connectivity index (χ0v) is 12.7. The summed E-state index contributed by atoms with van der Waals surface area (Å²) in [5.41, 5.74) is -0.508. The number of carbonyl (C=O) groups excluding carboxylic acids is 2. The molecule has 1 aliphatic heterocycles. The molecule has 1 atom stereocenters. The van der Waals surface area contributed by atoms with Crippen molar-refractivity contribution in [2.45, 2.75) is 64.8 Å². The second-order valence-corrected chi connectivity index (χ2v) is 6.03. The van der Waals surface area contributed by atoms with Crippen molar-refractivity contribution in [3.63, 3.8) is 0 Å². The minimum atomic E-state index is -1.06. The third kappa shape index (κ3) is 5.36. The number of carbonyl (C=O) groups is 2. The highest BCUT2D eigenvalue weighted by atomic mass is 16.6. The molecule has 0 aliphatic carbocycles. The third-order valence-electron chi connectivity index (χ3n) is 3.04. The van der Waals surface area contributed by atoms with Crippen molar-refractivity contribution >= 4 is 12.1 Å². The van der Waals surface area contributed by atoms with Gasteiger partial charge in [-0.2, -0.15) is 0 Å². The molecule has 1 saturated heterocycles. The van der Waals surface area contributed by atoms with Gasteiger partial charge in [-0.05, 0) is 27.2 Å². The normalized spacial score (nSPS) is 18.6. The summed E-state index contributed by atoms with van der Waals surface area (Å²) in [6.07, 6.45) is -0.143. The van der Waals surface area contributed by atoms with Gasteiger partial charge in [0, 0.05) is 25.9 Å². The molecule has 1 aliphatic rings. The number of aliphatic hydroxyl groups excluding tert-OH is 1. The van der Waals surface area contributed by atoms with E-state index < -0.39 is 17.7 Å². The van der Waals surface area contributed by atoms with Gasteiger partial charge in [0.2, 0.25) is 0 Å². The van der Waals surface area contributed by atoms with Crippen LogP contribution in [-0.2, 0) is 14.3 Å². The zero-order chi connectivity index (χ0) is 15.3. The molecule has 1 unspecified atom stereocenters. The monoisotopic (exact) mass is 287 g/mol. The molecule has 1 fully saturated rings. The Hall–Kier alpha value is -1.30. The molecule has 0 saturated carbocycles. The van der Waals surface area contributed by atoms with Crippen LogP contribution in [0.25, 0.3) is 0 Å². The predicted octanol–water partition coefficient (Wildman–Crippen LogP) is 1.70. The summed E-state index contributed by atoms with van der Waals surface area (Å²) in [5, 5.41) is 9.37. The fourth-order valence-electron chi connectivity index (χ4n) is 1.89. The Balaban J connectivity index is 2.37. The first-order valence-corrected chi connectivity index (χ1v) is 7.09. The van der Waals surface area contributed by atoms with Crippen LogP contribution in [-0.4, -0.2) is 53.0 Å². The minimum Gasteiger partial charge on any atom is -0.460 e. The summed E-state index contributed by atoms with van der Waals surface area (Å²) in [4.78, 5) is 24.9. The number of aliphatic hydroxyl groups is 1. The number of likely N-dealkylation sites (tertiary alicyclic amines) is 1. The van der Waals surface area contributed by atoms with Gasteiger partial charge in [0.1, 0.15) is 11.7 Å². The Morgan fingerprint density at radius 3 is 2.30 bits per heavy atom. The number of hydrogen-bond acceptors (Lipinski definition) is 5. The fourth-order valence-corrected chi connectivity index (χ4v) is 1.89. The molecule has 6 heteroatoms. The van der Waals surface area contributed by atoms with Crippen LogP contribution in [0.3, 0.4) is 0 Å². The van der Waals surface area contributed by atoms with Crippen LogP contribution in [0.2, 0.25) is 0 Å². The quantitative estimate of drug-likeness (QED) is 0.800. The van der Waals surface area contributed by atoms with E-state index in [1.807, 2.05) is 20.8 Å². The van der Waals surface area contributed by atoms with Gasteiger partial charge in [-0.3, -0.25) is 0 Å². The van der Waals surface area contributed by atoms with Crippen LogP contribution >= 0.6 is 0 Å². The molecule has 20 heavy (non-hydrogen) atoms. The van der Waals surface area contributed by atoms with Gasteiger partial charge in [-0.1, -0.05) is 6.92 Å². The lowest BCUT2D eigenvalue weighted by Crippen LogP contribution is -2.44. The van der Waals surface area contributed by atoms with Crippen molar-refractivity contribution in [1.82, 2.24) is 4.90 Å². The Kier molecular flexibility index (Phi) is 5.80. The average molecular weight is 287 g/mol. The number of piperidine rings is 1. The van der Waals surface area contributed by atoms with Crippen LogP contribution in [0, 0.1) is 0 Å². The van der Waals surface area contributed by atoms with E-state index in [1.165, 1.54) is 0 Å². The van der Waals surface area contributed by atoms with Gasteiger partial charge >= 0.3 is 12.1 Å². The van der Waals surface area contributed by atoms with E-state index in [4.69, 9.17) is 9.47 Å². The van der Waals surface area contributed by atoms with Gasteiger partial charge in [-0.15, -0.1) is 0 Å². The maximum atomic E-state index is 11.9. The third-order valence-corrected chi connectivity index (χ3v) is 3.04. The van der Waals surface area contributed by atoms with Gasteiger partial charge in [0.15, 0.2) is 6.10 Å². The molecule has 1 amide bonds. The van der Waals surface area contributed by atoms with E-state index >= 15 is 0 Å². The molecule has 116 valence electrons. The molecule has 1 heterocycles. The lowest BCUT2D eigenvalue weighted by molar-refractivity contribution is -0.161. The number of nitrogens with zero attached hydrogens (tertiary/aromatic N) is 1. The van der Waals surface area contributed by atoms with Crippen LogP contribution in [0.15, 0.2) is 0 Å². The maximum Gasteiger partial charge on any atom is 0.410 e. The van der Waals surface area contributed by atoms with Gasteiger partial charge in [0.05, 0.1) is 0 Å². The number of amides is 1. The SMILES string of the molecule is CCC(O)C(=O)OC1CCN(C(=O)OC(C)(C)C)CC1. The smallest absolute Gasteiger partial charge is 0.410 e. The zero-order valence-electron chi connectivity index (χ0n) is 12.7. The molecule has 0 aromatic heterocycles. The first-order chi connectivity index (χ1) is 9.23. The molecular weight excluding hydrogens is 262 g/mol. The van der Waals surface area contributed by atoms with Gasteiger partial charge in [-0.25, -0.2) is 9.59 Å². The van der Waals surface area contributed by atoms with Gasteiger partial charge in [0.25, 0.3) is 0 Å². The van der Waals surface area contributed by atoms with Gasteiger partial charge < -0.3 is 19.5 Å². The van der Waals surface area contributed by atoms with Crippen LogP contribution in [0.1, 0.15) is 47.0 Å². The van der Waals surface area contributed by atoms with Crippen molar-refractivity contribution in [1.29, 1.82) is 0 Å². The summed E-state index contributed by atoms with van der Waals surface area (Å²) < 4.78 is 10.5. The molecule has 1 rings (SSSR count). The van der Waals surface area contributed by atoms with Crippen molar-refractivity contribution in [3.05, 3.63) is 0 Å². The highest BCUT2D eigenvalue weighted by Crippen LogP contribution is 2.18. The number of rotatable bonds is 3. The van der Waals surface area contributed by atoms with Crippen LogP contribution in [0.4, 0.5) is 4.79 Å². The average Bonchev–Trinajstić information content (AvgIpc) is 2.36. The van der Waals surface area contributed by atoms with Crippen LogP contribution < -0.4 is 0 Å². The molecule has 0 spiro atoms. The fraction of sp³-hybridized carbons (Fsp3) is 0.857. The highest BCUT2D eigenvalue weighted by Gasteiger charge is 2.29. The Bertz CT molecular complexity index is 342. The second kappa shape index (κ2) is 6.92. The largest absolute Gasteiger partial charge is 0.460 e. The first-order valence-electron chi connectivity index (χ1n) is 7.09.